The van der Waals surface area contributed by atoms with E-state index < -0.39 is 35.0 Å². The van der Waals surface area contributed by atoms with Gasteiger partial charge in [-0.25, -0.2) is 14.4 Å². The number of carboxylic acids is 1. The zero-order valence-corrected chi connectivity index (χ0v) is 16.2. The molecule has 0 aliphatic heterocycles. The van der Waals surface area contributed by atoms with Crippen LogP contribution in [-0.2, 0) is 9.47 Å². The van der Waals surface area contributed by atoms with Gasteiger partial charge in [0.05, 0.1) is 0 Å². The molecule has 0 saturated heterocycles. The van der Waals surface area contributed by atoms with Crippen molar-refractivity contribution in [3.8, 4) is 11.5 Å². The van der Waals surface area contributed by atoms with Gasteiger partial charge in [0.25, 0.3) is 0 Å². The minimum atomic E-state index is -1.48. The highest BCUT2D eigenvalue weighted by Gasteiger charge is 2.28. The van der Waals surface area contributed by atoms with E-state index in [-0.39, 0.29) is 17.1 Å². The van der Waals surface area contributed by atoms with Crippen LogP contribution in [0.25, 0.3) is 6.08 Å². The van der Waals surface area contributed by atoms with Gasteiger partial charge in [-0.2, -0.15) is 0 Å². The van der Waals surface area contributed by atoms with Crippen molar-refractivity contribution in [2.24, 2.45) is 0 Å². The van der Waals surface area contributed by atoms with E-state index in [0.29, 0.717) is 0 Å². The Morgan fingerprint density at radius 2 is 1.41 bits per heavy atom. The molecule has 0 fully saturated rings. The fourth-order valence-electron chi connectivity index (χ4n) is 1.85. The van der Waals surface area contributed by atoms with Crippen LogP contribution in [0, 0.1) is 0 Å². The van der Waals surface area contributed by atoms with Crippen molar-refractivity contribution in [1.29, 1.82) is 0 Å². The molecule has 1 aromatic carbocycles. The van der Waals surface area contributed by atoms with E-state index in [4.69, 9.17) is 18.9 Å². The Balaban J connectivity index is 3.31. The lowest BCUT2D eigenvalue weighted by molar-refractivity contribution is 0.0200. The predicted octanol–water partition coefficient (Wildman–Crippen LogP) is 4.66. The summed E-state index contributed by atoms with van der Waals surface area (Å²) in [4.78, 5) is 35.6. The number of benzene rings is 1. The minimum absolute atomic E-state index is 0.204. The Hall–Kier alpha value is -3.03. The highest BCUT2D eigenvalue weighted by molar-refractivity contribution is 5.97. The van der Waals surface area contributed by atoms with E-state index in [1.807, 2.05) is 0 Å². The number of hydrogen-bond acceptors (Lipinski definition) is 7. The Morgan fingerprint density at radius 1 is 0.926 bits per heavy atom. The van der Waals surface area contributed by atoms with E-state index in [9.17, 15) is 19.5 Å². The lowest BCUT2D eigenvalue weighted by Gasteiger charge is -2.21. The van der Waals surface area contributed by atoms with Crippen molar-refractivity contribution >= 4 is 24.4 Å². The van der Waals surface area contributed by atoms with Gasteiger partial charge in [-0.05, 0) is 53.7 Å². The first kappa shape index (κ1) is 22.0. The second kappa shape index (κ2) is 8.11. The van der Waals surface area contributed by atoms with Crippen molar-refractivity contribution in [2.75, 3.05) is 0 Å². The van der Waals surface area contributed by atoms with Gasteiger partial charge in [0, 0.05) is 5.56 Å². The Morgan fingerprint density at radius 3 is 1.81 bits per heavy atom. The zero-order valence-electron chi connectivity index (χ0n) is 16.2. The predicted molar refractivity (Wildman–Crippen MR) is 97.2 cm³/mol. The molecule has 0 unspecified atom stereocenters. The maximum absolute atomic E-state index is 12.0. The van der Waals surface area contributed by atoms with Gasteiger partial charge in [-0.1, -0.05) is 12.7 Å². The first-order valence-corrected chi connectivity index (χ1v) is 8.08. The summed E-state index contributed by atoms with van der Waals surface area (Å²) in [6.45, 7) is 13.3. The molecule has 1 N–H and O–H groups in total. The van der Waals surface area contributed by atoms with Gasteiger partial charge >= 0.3 is 18.3 Å². The molecule has 0 aliphatic rings. The molecule has 0 atom stereocenters. The first-order valence-electron chi connectivity index (χ1n) is 8.08. The Labute approximate surface area is 157 Å². The standard InChI is InChI=1S/C19H24O8/c1-8-11-9-10-12(24-16(22)26-18(2,3)4)13(15(20)21)14(11)25-17(23)27-19(5,6)7/h8-10H,1H2,2-7H3,(H,20,21). The van der Waals surface area contributed by atoms with Crippen molar-refractivity contribution in [3.63, 3.8) is 0 Å². The quantitative estimate of drug-likeness (QED) is 0.594. The van der Waals surface area contributed by atoms with Crippen LogP contribution in [0.2, 0.25) is 0 Å². The van der Waals surface area contributed by atoms with Crippen molar-refractivity contribution in [1.82, 2.24) is 0 Å². The highest BCUT2D eigenvalue weighted by atomic mass is 16.7. The van der Waals surface area contributed by atoms with E-state index in [2.05, 4.69) is 6.58 Å². The summed E-state index contributed by atoms with van der Waals surface area (Å²) in [5.74, 6) is -2.18. The maximum atomic E-state index is 12.0. The van der Waals surface area contributed by atoms with Crippen LogP contribution in [0.1, 0.15) is 57.5 Å². The monoisotopic (exact) mass is 380 g/mol. The molecule has 148 valence electrons. The molecule has 0 spiro atoms. The highest BCUT2D eigenvalue weighted by Crippen LogP contribution is 2.34. The molecular formula is C19H24O8. The number of aromatic carboxylic acids is 1. The largest absolute Gasteiger partial charge is 0.514 e. The van der Waals surface area contributed by atoms with Gasteiger partial charge in [0.2, 0.25) is 0 Å². The fourth-order valence-corrected chi connectivity index (χ4v) is 1.85. The number of carbonyl (C=O) groups is 3. The lowest BCUT2D eigenvalue weighted by Crippen LogP contribution is -2.27. The number of hydrogen-bond donors (Lipinski definition) is 1. The third-order valence-electron chi connectivity index (χ3n) is 2.74. The summed E-state index contributed by atoms with van der Waals surface area (Å²) >= 11 is 0. The lowest BCUT2D eigenvalue weighted by atomic mass is 10.1. The number of ether oxygens (including phenoxy) is 4. The second-order valence-electron chi connectivity index (χ2n) is 7.50. The average molecular weight is 380 g/mol. The summed E-state index contributed by atoms with van der Waals surface area (Å²) in [6, 6.07) is 2.63. The normalized spacial score (nSPS) is 11.3. The molecule has 8 heteroatoms. The van der Waals surface area contributed by atoms with Crippen LogP contribution in [0.15, 0.2) is 18.7 Å². The molecule has 8 nitrogen and oxygen atoms in total. The topological polar surface area (TPSA) is 108 Å². The average Bonchev–Trinajstić information content (AvgIpc) is 2.42. The zero-order chi connectivity index (χ0) is 21.0. The Kier molecular flexibility index (Phi) is 6.61. The van der Waals surface area contributed by atoms with E-state index >= 15 is 0 Å². The van der Waals surface area contributed by atoms with Gasteiger partial charge in [0.1, 0.15) is 16.8 Å². The molecular weight excluding hydrogens is 356 g/mol. The second-order valence-corrected chi connectivity index (χ2v) is 7.50. The summed E-state index contributed by atoms with van der Waals surface area (Å²) in [5.41, 5.74) is -2.02. The van der Waals surface area contributed by atoms with Crippen LogP contribution in [0.5, 0.6) is 11.5 Å². The van der Waals surface area contributed by atoms with Crippen LogP contribution in [-0.4, -0.2) is 34.6 Å². The number of carbonyl (C=O) groups excluding carboxylic acids is 2. The molecule has 1 rings (SSSR count). The van der Waals surface area contributed by atoms with Crippen molar-refractivity contribution in [3.05, 3.63) is 29.8 Å². The maximum Gasteiger partial charge on any atom is 0.514 e. The Bertz CT molecular complexity index is 750. The van der Waals surface area contributed by atoms with Crippen molar-refractivity contribution in [2.45, 2.75) is 52.7 Å². The first-order chi connectivity index (χ1) is 12.2. The molecule has 0 amide bonds. The minimum Gasteiger partial charge on any atom is -0.477 e. The molecule has 0 aliphatic carbocycles. The van der Waals surface area contributed by atoms with Gasteiger partial charge in [0.15, 0.2) is 11.5 Å². The van der Waals surface area contributed by atoms with Gasteiger partial charge in [-0.15, -0.1) is 0 Å². The third-order valence-corrected chi connectivity index (χ3v) is 2.74. The third kappa shape index (κ3) is 7.01. The van der Waals surface area contributed by atoms with Gasteiger partial charge < -0.3 is 24.1 Å². The molecule has 0 heterocycles. The van der Waals surface area contributed by atoms with Crippen LogP contribution in [0.3, 0.4) is 0 Å². The summed E-state index contributed by atoms with van der Waals surface area (Å²) in [5, 5.41) is 9.56. The van der Waals surface area contributed by atoms with Crippen molar-refractivity contribution < 1.29 is 38.4 Å². The summed E-state index contributed by atoms with van der Waals surface area (Å²) < 4.78 is 20.1. The molecule has 0 aromatic heterocycles. The fraction of sp³-hybridized carbons (Fsp3) is 0.421. The van der Waals surface area contributed by atoms with E-state index in [1.54, 1.807) is 41.5 Å². The van der Waals surface area contributed by atoms with Gasteiger partial charge in [-0.3, -0.25) is 0 Å². The number of carboxylic acid groups (broad SMARTS) is 1. The number of rotatable bonds is 4. The molecule has 0 saturated carbocycles. The van der Waals surface area contributed by atoms with Crippen LogP contribution < -0.4 is 9.47 Å². The molecule has 0 radical (unpaired) electrons. The van der Waals surface area contributed by atoms with Crippen LogP contribution >= 0.6 is 0 Å². The summed E-state index contributed by atoms with van der Waals surface area (Å²) in [6.07, 6.45) is -0.911. The molecule has 1 aromatic rings. The van der Waals surface area contributed by atoms with E-state index in [0.717, 1.165) is 0 Å². The molecule has 27 heavy (non-hydrogen) atoms. The smallest absolute Gasteiger partial charge is 0.477 e. The summed E-state index contributed by atoms with van der Waals surface area (Å²) in [7, 11) is 0. The van der Waals surface area contributed by atoms with E-state index in [1.165, 1.54) is 18.2 Å². The SMILES string of the molecule is C=Cc1ccc(OC(=O)OC(C)(C)C)c(C(=O)O)c1OC(=O)OC(C)(C)C. The molecule has 0 bridgehead atoms. The van der Waals surface area contributed by atoms with Crippen LogP contribution in [0.4, 0.5) is 9.59 Å².